The Morgan fingerprint density at radius 1 is 1.08 bits per heavy atom. The third kappa shape index (κ3) is 2.54. The number of aryl methyl sites for hydroxylation is 3. The van der Waals surface area contributed by atoms with Crippen LogP contribution in [0.25, 0.3) is 5.65 Å². The molecule has 0 aliphatic carbocycles. The van der Waals surface area contributed by atoms with Crippen LogP contribution < -0.4 is 4.90 Å². The summed E-state index contributed by atoms with van der Waals surface area (Å²) in [6.45, 7) is 5.60. The molecular weight excluding hydrogens is 324 g/mol. The molecule has 2 heterocycles. The average Bonchev–Trinajstić information content (AvgIpc) is 2.87. The van der Waals surface area contributed by atoms with Gasteiger partial charge in [-0.2, -0.15) is 0 Å². The third-order valence-corrected chi connectivity index (χ3v) is 5.60. The Kier molecular flexibility index (Phi) is 3.83. The summed E-state index contributed by atoms with van der Waals surface area (Å²) in [7, 11) is -0.187. The van der Waals surface area contributed by atoms with E-state index in [9.17, 15) is 8.42 Å². The summed E-state index contributed by atoms with van der Waals surface area (Å²) in [4.78, 5) is 6.54. The first kappa shape index (κ1) is 16.4. The summed E-state index contributed by atoms with van der Waals surface area (Å²) in [6.07, 6.45) is 0. The van der Waals surface area contributed by atoms with E-state index in [1.54, 1.807) is 41.7 Å². The Labute approximate surface area is 141 Å². The molecule has 126 valence electrons. The minimum absolute atomic E-state index is 0.143. The Bertz CT molecular complexity index is 1040. The highest BCUT2D eigenvalue weighted by Gasteiger charge is 2.30. The molecule has 0 N–H and O–H groups in total. The lowest BCUT2D eigenvalue weighted by molar-refractivity contribution is 0.596. The molecule has 1 aromatic carbocycles. The number of benzene rings is 1. The fraction of sp³-hybridized carbons (Fsp3) is 0.294. The summed E-state index contributed by atoms with van der Waals surface area (Å²) in [5, 5.41) is 4.47. The molecule has 0 spiro atoms. The van der Waals surface area contributed by atoms with E-state index in [0.29, 0.717) is 11.5 Å². The maximum Gasteiger partial charge on any atom is 0.214 e. The first-order chi connectivity index (χ1) is 11.2. The number of rotatable bonds is 3. The van der Waals surface area contributed by atoms with Gasteiger partial charge in [-0.25, -0.2) is 17.9 Å². The molecule has 6 nitrogen and oxygen atoms in total. The van der Waals surface area contributed by atoms with E-state index in [1.165, 1.54) is 0 Å². The molecule has 3 aromatic rings. The molecular formula is C17H20N4O2S. The SMILES string of the molecule is Cc1cccc(S(=O)(=O)c2c(N(C)C)nn3c(C)cc(C)nc23)c1. The van der Waals surface area contributed by atoms with Crippen molar-refractivity contribution in [3.05, 3.63) is 47.3 Å². The lowest BCUT2D eigenvalue weighted by Crippen LogP contribution is -2.14. The molecule has 24 heavy (non-hydrogen) atoms. The number of nitrogens with zero attached hydrogens (tertiary/aromatic N) is 4. The Morgan fingerprint density at radius 3 is 2.42 bits per heavy atom. The zero-order valence-corrected chi connectivity index (χ0v) is 15.2. The molecule has 7 heteroatoms. The predicted molar refractivity (Wildman–Crippen MR) is 93.4 cm³/mol. The van der Waals surface area contributed by atoms with Crippen LogP contribution in [0.3, 0.4) is 0 Å². The van der Waals surface area contributed by atoms with Gasteiger partial charge in [-0.3, -0.25) is 0 Å². The van der Waals surface area contributed by atoms with Crippen LogP contribution in [0.2, 0.25) is 0 Å². The minimum Gasteiger partial charge on any atom is -0.360 e. The molecule has 0 radical (unpaired) electrons. The van der Waals surface area contributed by atoms with E-state index in [0.717, 1.165) is 17.0 Å². The number of anilines is 1. The monoisotopic (exact) mass is 344 g/mol. The fourth-order valence-corrected chi connectivity index (χ4v) is 4.39. The second-order valence-electron chi connectivity index (χ2n) is 6.14. The Hall–Kier alpha value is -2.41. The van der Waals surface area contributed by atoms with Gasteiger partial charge < -0.3 is 4.90 Å². The normalized spacial score (nSPS) is 11.9. The molecule has 0 bridgehead atoms. The fourth-order valence-electron chi connectivity index (χ4n) is 2.72. The Morgan fingerprint density at radius 2 is 1.79 bits per heavy atom. The molecule has 3 rings (SSSR count). The van der Waals surface area contributed by atoms with Crippen molar-refractivity contribution >= 4 is 21.3 Å². The number of hydrogen-bond acceptors (Lipinski definition) is 5. The second kappa shape index (κ2) is 5.59. The van der Waals surface area contributed by atoms with Gasteiger partial charge in [0, 0.05) is 25.5 Å². The summed E-state index contributed by atoms with van der Waals surface area (Å²) < 4.78 is 28.2. The van der Waals surface area contributed by atoms with E-state index < -0.39 is 9.84 Å². The van der Waals surface area contributed by atoms with Crippen molar-refractivity contribution in [2.24, 2.45) is 0 Å². The molecule has 0 amide bonds. The van der Waals surface area contributed by atoms with Gasteiger partial charge >= 0.3 is 0 Å². The van der Waals surface area contributed by atoms with Crippen LogP contribution in [0.4, 0.5) is 5.82 Å². The van der Waals surface area contributed by atoms with E-state index in [4.69, 9.17) is 0 Å². The molecule has 0 saturated heterocycles. The smallest absolute Gasteiger partial charge is 0.214 e. The number of aromatic nitrogens is 3. The van der Waals surface area contributed by atoms with Gasteiger partial charge in [-0.1, -0.05) is 12.1 Å². The lowest BCUT2D eigenvalue weighted by atomic mass is 10.2. The summed E-state index contributed by atoms with van der Waals surface area (Å²) in [5.41, 5.74) is 2.84. The van der Waals surface area contributed by atoms with Gasteiger partial charge in [0.1, 0.15) is 0 Å². The standard InChI is InChI=1S/C17H20N4O2S/c1-11-7-6-8-14(9-11)24(22,23)15-16-18-12(2)10-13(3)21(16)19-17(15)20(4)5/h6-10H,1-5H3. The van der Waals surface area contributed by atoms with E-state index >= 15 is 0 Å². The zero-order chi connectivity index (χ0) is 17.6. The molecule has 0 unspecified atom stereocenters. The summed E-state index contributed by atoms with van der Waals surface area (Å²) in [5.74, 6) is 0.387. The van der Waals surface area contributed by atoms with Crippen molar-refractivity contribution in [1.29, 1.82) is 0 Å². The van der Waals surface area contributed by atoms with Crippen LogP contribution in [0.15, 0.2) is 40.1 Å². The molecule has 0 atom stereocenters. The van der Waals surface area contributed by atoms with Crippen LogP contribution >= 0.6 is 0 Å². The van der Waals surface area contributed by atoms with Gasteiger partial charge in [0.2, 0.25) is 9.84 Å². The average molecular weight is 344 g/mol. The number of fused-ring (bicyclic) bond motifs is 1. The van der Waals surface area contributed by atoms with Crippen LogP contribution in [0, 0.1) is 20.8 Å². The second-order valence-corrected chi connectivity index (χ2v) is 8.03. The quantitative estimate of drug-likeness (QED) is 0.730. The minimum atomic E-state index is -3.74. The van der Waals surface area contributed by atoms with Crippen molar-refractivity contribution in [2.75, 3.05) is 19.0 Å². The van der Waals surface area contributed by atoms with Crippen molar-refractivity contribution in [3.63, 3.8) is 0 Å². The molecule has 2 aromatic heterocycles. The first-order valence-electron chi connectivity index (χ1n) is 7.58. The van der Waals surface area contributed by atoms with Crippen LogP contribution in [0.1, 0.15) is 17.0 Å². The van der Waals surface area contributed by atoms with Gasteiger partial charge in [-0.15, -0.1) is 5.10 Å². The lowest BCUT2D eigenvalue weighted by Gasteiger charge is -2.11. The summed E-state index contributed by atoms with van der Waals surface area (Å²) in [6, 6.07) is 8.76. The van der Waals surface area contributed by atoms with Crippen molar-refractivity contribution in [1.82, 2.24) is 14.6 Å². The van der Waals surface area contributed by atoms with E-state index in [-0.39, 0.29) is 9.79 Å². The number of sulfone groups is 1. The molecule has 0 aliphatic rings. The highest BCUT2D eigenvalue weighted by Crippen LogP contribution is 2.32. The van der Waals surface area contributed by atoms with Crippen molar-refractivity contribution < 1.29 is 8.42 Å². The maximum absolute atomic E-state index is 13.3. The van der Waals surface area contributed by atoms with Gasteiger partial charge in [0.15, 0.2) is 16.4 Å². The van der Waals surface area contributed by atoms with Gasteiger partial charge in [0.25, 0.3) is 0 Å². The zero-order valence-electron chi connectivity index (χ0n) is 14.4. The predicted octanol–water partition coefficient (Wildman–Crippen LogP) is 2.55. The highest BCUT2D eigenvalue weighted by atomic mass is 32.2. The first-order valence-corrected chi connectivity index (χ1v) is 9.06. The van der Waals surface area contributed by atoms with Crippen LogP contribution in [0.5, 0.6) is 0 Å². The molecule has 0 saturated carbocycles. The van der Waals surface area contributed by atoms with Crippen molar-refractivity contribution in [2.45, 2.75) is 30.6 Å². The topological polar surface area (TPSA) is 67.6 Å². The van der Waals surface area contributed by atoms with Crippen LogP contribution in [-0.2, 0) is 9.84 Å². The van der Waals surface area contributed by atoms with Crippen LogP contribution in [-0.4, -0.2) is 37.1 Å². The highest BCUT2D eigenvalue weighted by molar-refractivity contribution is 7.91. The summed E-state index contributed by atoms with van der Waals surface area (Å²) >= 11 is 0. The van der Waals surface area contributed by atoms with Crippen molar-refractivity contribution in [3.8, 4) is 0 Å². The van der Waals surface area contributed by atoms with Gasteiger partial charge in [-0.05, 0) is 44.5 Å². The molecule has 0 aliphatic heterocycles. The van der Waals surface area contributed by atoms with Gasteiger partial charge in [0.05, 0.1) is 4.90 Å². The largest absolute Gasteiger partial charge is 0.360 e. The number of hydrogen-bond donors (Lipinski definition) is 0. The van der Waals surface area contributed by atoms with E-state index in [1.807, 2.05) is 32.9 Å². The third-order valence-electron chi connectivity index (χ3n) is 3.83. The Balaban J connectivity index is 2.42. The maximum atomic E-state index is 13.3. The van der Waals surface area contributed by atoms with E-state index in [2.05, 4.69) is 10.1 Å². The molecule has 0 fully saturated rings.